The Balaban J connectivity index is 2.37. The molecule has 1 N–H and O–H groups in total. The van der Waals surface area contributed by atoms with Gasteiger partial charge >= 0.3 is 5.97 Å². The molecule has 0 aliphatic heterocycles. The van der Waals surface area contributed by atoms with Gasteiger partial charge in [0.2, 0.25) is 10.0 Å². The van der Waals surface area contributed by atoms with Gasteiger partial charge in [0.25, 0.3) is 0 Å². The predicted molar refractivity (Wildman–Crippen MR) is 88.1 cm³/mol. The van der Waals surface area contributed by atoms with E-state index in [-0.39, 0.29) is 16.5 Å². The van der Waals surface area contributed by atoms with Crippen LogP contribution < -0.4 is 0 Å². The number of nitrogens with zero attached hydrogens (tertiary/aromatic N) is 1. The lowest BCUT2D eigenvalue weighted by Crippen LogP contribution is -2.35. The Morgan fingerprint density at radius 2 is 1.70 bits per heavy atom. The fourth-order valence-corrected chi connectivity index (χ4v) is 3.68. The second-order valence-electron chi connectivity index (χ2n) is 4.73. The molecule has 0 saturated heterocycles. The molecule has 0 aliphatic rings. The van der Waals surface area contributed by atoms with Crippen LogP contribution in [-0.2, 0) is 21.4 Å². The minimum atomic E-state index is -3.94. The maximum absolute atomic E-state index is 12.6. The number of halogens is 2. The van der Waals surface area contributed by atoms with Gasteiger partial charge in [-0.05, 0) is 29.8 Å². The van der Waals surface area contributed by atoms with E-state index in [0.29, 0.717) is 10.6 Å². The highest BCUT2D eigenvalue weighted by Crippen LogP contribution is 2.25. The third kappa shape index (κ3) is 4.45. The Labute approximate surface area is 144 Å². The zero-order valence-electron chi connectivity index (χ0n) is 11.8. The molecule has 0 unspecified atom stereocenters. The van der Waals surface area contributed by atoms with Crippen LogP contribution in [0.4, 0.5) is 0 Å². The summed E-state index contributed by atoms with van der Waals surface area (Å²) in [5.74, 6) is -1.25. The van der Waals surface area contributed by atoms with Crippen molar-refractivity contribution in [2.24, 2.45) is 0 Å². The maximum Gasteiger partial charge on any atom is 0.318 e. The molecule has 122 valence electrons. The van der Waals surface area contributed by atoms with Gasteiger partial charge in [-0.15, -0.1) is 0 Å². The van der Waals surface area contributed by atoms with E-state index in [9.17, 15) is 13.2 Å². The normalized spacial score (nSPS) is 11.6. The van der Waals surface area contributed by atoms with Crippen molar-refractivity contribution < 1.29 is 18.3 Å². The molecule has 0 bridgehead atoms. The number of hydrogen-bond donors (Lipinski definition) is 1. The molecule has 0 spiro atoms. The average molecular weight is 374 g/mol. The molecule has 0 atom stereocenters. The highest BCUT2D eigenvalue weighted by molar-refractivity contribution is 7.89. The van der Waals surface area contributed by atoms with Crippen LogP contribution in [0, 0.1) is 0 Å². The summed E-state index contributed by atoms with van der Waals surface area (Å²) in [6.45, 7) is -0.780. The quantitative estimate of drug-likeness (QED) is 0.842. The van der Waals surface area contributed by atoms with Crippen LogP contribution in [0.15, 0.2) is 53.4 Å². The maximum atomic E-state index is 12.6. The number of carboxylic acids is 1. The van der Waals surface area contributed by atoms with Crippen molar-refractivity contribution in [2.75, 3.05) is 6.54 Å². The molecular weight excluding hydrogens is 361 g/mol. The Morgan fingerprint density at radius 3 is 2.26 bits per heavy atom. The third-order valence-corrected chi connectivity index (χ3v) is 5.58. The van der Waals surface area contributed by atoms with Gasteiger partial charge in [-0.3, -0.25) is 4.79 Å². The monoisotopic (exact) mass is 373 g/mol. The van der Waals surface area contributed by atoms with Crippen molar-refractivity contribution in [1.82, 2.24) is 4.31 Å². The Hall–Kier alpha value is -1.60. The molecule has 8 heteroatoms. The Morgan fingerprint density at radius 1 is 1.04 bits per heavy atom. The van der Waals surface area contributed by atoms with Gasteiger partial charge < -0.3 is 5.11 Å². The fourth-order valence-electron chi connectivity index (χ4n) is 1.96. The number of carbonyl (C=O) groups is 1. The summed E-state index contributed by atoms with van der Waals surface area (Å²) in [4.78, 5) is 11.1. The average Bonchev–Trinajstić information content (AvgIpc) is 2.50. The first-order valence-corrected chi connectivity index (χ1v) is 8.71. The number of rotatable bonds is 6. The predicted octanol–water partition coefficient (Wildman–Crippen LogP) is 3.27. The number of hydrogen-bond acceptors (Lipinski definition) is 3. The molecule has 0 fully saturated rings. The van der Waals surface area contributed by atoms with Gasteiger partial charge in [-0.25, -0.2) is 8.42 Å². The van der Waals surface area contributed by atoms with Crippen molar-refractivity contribution in [2.45, 2.75) is 11.4 Å². The number of aliphatic carboxylic acids is 1. The van der Waals surface area contributed by atoms with E-state index in [1.54, 1.807) is 24.3 Å². The van der Waals surface area contributed by atoms with E-state index >= 15 is 0 Å². The second-order valence-corrected chi connectivity index (χ2v) is 7.48. The highest BCUT2D eigenvalue weighted by atomic mass is 35.5. The zero-order chi connectivity index (χ0) is 17.0. The van der Waals surface area contributed by atoms with Crippen molar-refractivity contribution in [1.29, 1.82) is 0 Å². The van der Waals surface area contributed by atoms with Crippen LogP contribution >= 0.6 is 23.2 Å². The molecule has 2 aromatic rings. The molecule has 5 nitrogen and oxygen atoms in total. The van der Waals surface area contributed by atoms with Crippen LogP contribution in [-0.4, -0.2) is 30.3 Å². The van der Waals surface area contributed by atoms with E-state index in [1.165, 1.54) is 24.3 Å². The van der Waals surface area contributed by atoms with Gasteiger partial charge in [-0.2, -0.15) is 4.31 Å². The van der Waals surface area contributed by atoms with Crippen molar-refractivity contribution in [3.63, 3.8) is 0 Å². The van der Waals surface area contributed by atoms with Gasteiger partial charge in [0, 0.05) is 6.54 Å². The SMILES string of the molecule is O=C(O)CN(Cc1ccc(Cl)c(Cl)c1)S(=O)(=O)c1ccccc1. The topological polar surface area (TPSA) is 74.7 Å². The molecule has 0 heterocycles. The molecule has 2 aromatic carbocycles. The van der Waals surface area contributed by atoms with Crippen molar-refractivity contribution in [3.05, 3.63) is 64.1 Å². The van der Waals surface area contributed by atoms with E-state index in [4.69, 9.17) is 28.3 Å². The number of sulfonamides is 1. The number of benzene rings is 2. The standard InChI is InChI=1S/C15H13Cl2NO4S/c16-13-7-6-11(8-14(13)17)9-18(10-15(19)20)23(21,22)12-4-2-1-3-5-12/h1-8H,9-10H2,(H,19,20). The largest absolute Gasteiger partial charge is 0.480 e. The van der Waals surface area contributed by atoms with Crippen molar-refractivity contribution >= 4 is 39.2 Å². The third-order valence-electron chi connectivity index (χ3n) is 3.04. The first-order valence-electron chi connectivity index (χ1n) is 6.51. The summed E-state index contributed by atoms with van der Waals surface area (Å²) in [5.41, 5.74) is 0.542. The Kier molecular flexibility index (Phi) is 5.64. The Bertz CT molecular complexity index is 809. The molecule has 0 aromatic heterocycles. The van der Waals surface area contributed by atoms with Crippen LogP contribution in [0.3, 0.4) is 0 Å². The van der Waals surface area contributed by atoms with Gasteiger partial charge in [-0.1, -0.05) is 47.5 Å². The highest BCUT2D eigenvalue weighted by Gasteiger charge is 2.26. The molecule has 0 saturated carbocycles. The van der Waals surface area contributed by atoms with Crippen LogP contribution in [0.5, 0.6) is 0 Å². The summed E-state index contributed by atoms with van der Waals surface area (Å²) in [6.07, 6.45) is 0. The smallest absolute Gasteiger partial charge is 0.318 e. The molecule has 23 heavy (non-hydrogen) atoms. The minimum absolute atomic E-state index is 0.0290. The van der Waals surface area contributed by atoms with E-state index in [1.807, 2.05) is 0 Å². The van der Waals surface area contributed by atoms with Crippen LogP contribution in [0.25, 0.3) is 0 Å². The second kappa shape index (κ2) is 7.31. The van der Waals surface area contributed by atoms with Crippen LogP contribution in [0.1, 0.15) is 5.56 Å². The minimum Gasteiger partial charge on any atom is -0.480 e. The summed E-state index contributed by atoms with van der Waals surface area (Å²) in [7, 11) is -3.94. The fraction of sp³-hybridized carbons (Fsp3) is 0.133. The van der Waals surface area contributed by atoms with E-state index < -0.39 is 22.5 Å². The molecule has 0 radical (unpaired) electrons. The lowest BCUT2D eigenvalue weighted by molar-refractivity contribution is -0.137. The number of carboxylic acid groups (broad SMARTS) is 1. The van der Waals surface area contributed by atoms with Crippen molar-refractivity contribution in [3.8, 4) is 0 Å². The molecule has 0 amide bonds. The summed E-state index contributed by atoms with van der Waals surface area (Å²) < 4.78 is 26.1. The van der Waals surface area contributed by atoms with Gasteiger partial charge in [0.15, 0.2) is 0 Å². The molecule has 2 rings (SSSR count). The molecule has 0 aliphatic carbocycles. The van der Waals surface area contributed by atoms with Gasteiger partial charge in [0.1, 0.15) is 6.54 Å². The summed E-state index contributed by atoms with van der Waals surface area (Å²) in [5, 5.41) is 9.63. The summed E-state index contributed by atoms with van der Waals surface area (Å²) >= 11 is 11.7. The molecular formula is C15H13Cl2NO4S. The lowest BCUT2D eigenvalue weighted by Gasteiger charge is -2.20. The first kappa shape index (κ1) is 17.7. The van der Waals surface area contributed by atoms with Gasteiger partial charge in [0.05, 0.1) is 14.9 Å². The summed E-state index contributed by atoms with van der Waals surface area (Å²) in [6, 6.07) is 12.3. The van der Waals surface area contributed by atoms with Crippen LogP contribution in [0.2, 0.25) is 10.0 Å². The van der Waals surface area contributed by atoms with E-state index in [2.05, 4.69) is 0 Å². The zero-order valence-corrected chi connectivity index (χ0v) is 14.1. The van der Waals surface area contributed by atoms with E-state index in [0.717, 1.165) is 4.31 Å². The lowest BCUT2D eigenvalue weighted by atomic mass is 10.2. The first-order chi connectivity index (χ1) is 10.8.